The minimum atomic E-state index is -1.42. The van der Waals surface area contributed by atoms with Crippen molar-refractivity contribution in [3.63, 3.8) is 0 Å². The molecule has 102 valence electrons. The Hall–Kier alpha value is -1.44. The topological polar surface area (TPSA) is 69.4 Å². The number of carbonyl (C=O) groups excluding carboxylic acids is 1. The molecule has 0 aliphatic rings. The molecule has 19 heavy (non-hydrogen) atoms. The monoisotopic (exact) mass is 375 g/mol. The molecule has 1 aromatic rings. The van der Waals surface area contributed by atoms with E-state index in [4.69, 9.17) is 4.74 Å². The zero-order valence-corrected chi connectivity index (χ0v) is 12.8. The molecular formula is C13H14INO4. The van der Waals surface area contributed by atoms with E-state index in [0.717, 1.165) is 9.13 Å². The van der Waals surface area contributed by atoms with Gasteiger partial charge in [0.25, 0.3) is 5.54 Å². The van der Waals surface area contributed by atoms with Crippen LogP contribution in [0.15, 0.2) is 30.3 Å². The summed E-state index contributed by atoms with van der Waals surface area (Å²) in [5.41, 5.74) is -0.564. The zero-order valence-electron chi connectivity index (χ0n) is 10.6. The first kappa shape index (κ1) is 15.6. The first-order chi connectivity index (χ1) is 8.83. The van der Waals surface area contributed by atoms with Gasteiger partial charge in [-0.1, -0.05) is 18.2 Å². The van der Waals surface area contributed by atoms with Gasteiger partial charge in [-0.3, -0.25) is 14.9 Å². The summed E-state index contributed by atoms with van der Waals surface area (Å²) in [6.45, 7) is 2.36. The molecule has 0 spiro atoms. The van der Waals surface area contributed by atoms with Gasteiger partial charge in [0.1, 0.15) is 0 Å². The van der Waals surface area contributed by atoms with Gasteiger partial charge in [0.05, 0.1) is 0 Å². The van der Waals surface area contributed by atoms with Crippen LogP contribution in [0, 0.1) is 13.7 Å². The van der Waals surface area contributed by atoms with Gasteiger partial charge in [-0.05, 0) is 46.4 Å². The van der Waals surface area contributed by atoms with E-state index in [0.29, 0.717) is 0 Å². The normalized spacial score (nSPS) is 14.1. The molecule has 0 saturated heterocycles. The third-order valence-corrected chi connectivity index (χ3v) is 3.21. The van der Waals surface area contributed by atoms with Crippen LogP contribution in [0.5, 0.6) is 0 Å². The SMILES string of the molecule is CC(=O)OCC(C)(/C=C/c1ccc(I)cc1)[N+](=O)[O-]. The molecule has 0 bridgehead atoms. The lowest BCUT2D eigenvalue weighted by molar-refractivity contribution is -0.553. The summed E-state index contributed by atoms with van der Waals surface area (Å²) in [5.74, 6) is -0.532. The molecule has 1 aromatic carbocycles. The van der Waals surface area contributed by atoms with Crippen molar-refractivity contribution in [2.45, 2.75) is 19.4 Å². The lowest BCUT2D eigenvalue weighted by Gasteiger charge is -2.16. The van der Waals surface area contributed by atoms with Crippen LogP contribution < -0.4 is 0 Å². The molecule has 5 nitrogen and oxygen atoms in total. The number of nitro groups is 1. The Morgan fingerprint density at radius 1 is 1.47 bits per heavy atom. The third kappa shape index (κ3) is 4.98. The predicted molar refractivity (Wildman–Crippen MR) is 80.2 cm³/mol. The number of halogens is 1. The van der Waals surface area contributed by atoms with Crippen molar-refractivity contribution in [1.29, 1.82) is 0 Å². The molecule has 0 radical (unpaired) electrons. The summed E-state index contributed by atoms with van der Waals surface area (Å²) >= 11 is 2.18. The Morgan fingerprint density at radius 2 is 2.05 bits per heavy atom. The number of rotatable bonds is 5. The van der Waals surface area contributed by atoms with E-state index < -0.39 is 16.4 Å². The van der Waals surface area contributed by atoms with E-state index in [1.165, 1.54) is 19.9 Å². The molecular weight excluding hydrogens is 361 g/mol. The molecule has 0 aliphatic heterocycles. The lowest BCUT2D eigenvalue weighted by atomic mass is 10.0. The molecule has 0 aromatic heterocycles. The second-order valence-electron chi connectivity index (χ2n) is 4.28. The van der Waals surface area contributed by atoms with Crippen LogP contribution in [-0.2, 0) is 9.53 Å². The minimum Gasteiger partial charge on any atom is -0.458 e. The number of hydrogen-bond acceptors (Lipinski definition) is 4. The highest BCUT2D eigenvalue weighted by Gasteiger charge is 2.35. The van der Waals surface area contributed by atoms with Crippen molar-refractivity contribution >= 4 is 34.6 Å². The highest BCUT2D eigenvalue weighted by Crippen LogP contribution is 2.15. The molecule has 0 heterocycles. The summed E-state index contributed by atoms with van der Waals surface area (Å²) in [5, 5.41) is 11.1. The summed E-state index contributed by atoms with van der Waals surface area (Å²) in [6, 6.07) is 7.56. The Kier molecular flexibility index (Phi) is 5.46. The summed E-state index contributed by atoms with van der Waals surface area (Å²) < 4.78 is 5.83. The summed E-state index contributed by atoms with van der Waals surface area (Å²) in [4.78, 5) is 21.4. The van der Waals surface area contributed by atoms with Crippen LogP contribution >= 0.6 is 22.6 Å². The number of ether oxygens (including phenoxy) is 1. The maximum absolute atomic E-state index is 11.1. The third-order valence-electron chi connectivity index (χ3n) is 2.49. The molecule has 0 amide bonds. The van der Waals surface area contributed by atoms with E-state index in [1.807, 2.05) is 24.3 Å². The fraction of sp³-hybridized carbons (Fsp3) is 0.308. The molecule has 1 rings (SSSR count). The fourth-order valence-corrected chi connectivity index (χ4v) is 1.62. The van der Waals surface area contributed by atoms with Crippen LogP contribution in [0.4, 0.5) is 0 Å². The Morgan fingerprint density at radius 3 is 2.53 bits per heavy atom. The van der Waals surface area contributed by atoms with Gasteiger partial charge < -0.3 is 4.74 Å². The van der Waals surface area contributed by atoms with Gasteiger partial charge in [0, 0.05) is 22.3 Å². The highest BCUT2D eigenvalue weighted by molar-refractivity contribution is 14.1. The molecule has 0 fully saturated rings. The van der Waals surface area contributed by atoms with Crippen LogP contribution in [0.3, 0.4) is 0 Å². The number of benzene rings is 1. The van der Waals surface area contributed by atoms with Gasteiger partial charge >= 0.3 is 5.97 Å². The van der Waals surface area contributed by atoms with Crippen molar-refractivity contribution in [3.8, 4) is 0 Å². The second-order valence-corrected chi connectivity index (χ2v) is 5.53. The van der Waals surface area contributed by atoms with Crippen molar-refractivity contribution < 1.29 is 14.5 Å². The zero-order chi connectivity index (χ0) is 14.5. The van der Waals surface area contributed by atoms with Crippen molar-refractivity contribution in [1.82, 2.24) is 0 Å². The van der Waals surface area contributed by atoms with Crippen LogP contribution in [-0.4, -0.2) is 23.0 Å². The standard InChI is InChI=1S/C13H14INO4/c1-10(16)19-9-13(2,15(17)18)8-7-11-3-5-12(14)6-4-11/h3-8H,9H2,1-2H3/b8-7+. The number of esters is 1. The fourth-order valence-electron chi connectivity index (χ4n) is 1.26. The minimum absolute atomic E-state index is 0.282. The number of nitrogens with zero attached hydrogens (tertiary/aromatic N) is 1. The maximum atomic E-state index is 11.1. The van der Waals surface area contributed by atoms with E-state index in [9.17, 15) is 14.9 Å². The van der Waals surface area contributed by atoms with E-state index in [2.05, 4.69) is 22.6 Å². The summed E-state index contributed by atoms with van der Waals surface area (Å²) in [7, 11) is 0. The molecule has 1 atom stereocenters. The van der Waals surface area contributed by atoms with Gasteiger partial charge in [-0.15, -0.1) is 0 Å². The van der Waals surface area contributed by atoms with Crippen LogP contribution in [0.25, 0.3) is 6.08 Å². The van der Waals surface area contributed by atoms with Gasteiger partial charge in [-0.2, -0.15) is 0 Å². The first-order valence-corrected chi connectivity index (χ1v) is 6.64. The Bertz CT molecular complexity index is 498. The molecule has 0 saturated carbocycles. The number of hydrogen-bond donors (Lipinski definition) is 0. The quantitative estimate of drug-likeness (QED) is 0.344. The van der Waals surface area contributed by atoms with Gasteiger partial charge in [0.2, 0.25) is 0 Å². The van der Waals surface area contributed by atoms with Gasteiger partial charge in [0.15, 0.2) is 6.61 Å². The van der Waals surface area contributed by atoms with Crippen molar-refractivity contribution in [2.75, 3.05) is 6.61 Å². The van der Waals surface area contributed by atoms with Crippen molar-refractivity contribution in [3.05, 3.63) is 49.6 Å². The number of carbonyl (C=O) groups is 1. The molecule has 0 aliphatic carbocycles. The largest absolute Gasteiger partial charge is 0.458 e. The maximum Gasteiger partial charge on any atom is 0.302 e. The predicted octanol–water partition coefficient (Wildman–Crippen LogP) is 2.90. The van der Waals surface area contributed by atoms with Crippen LogP contribution in [0.2, 0.25) is 0 Å². The lowest BCUT2D eigenvalue weighted by Crippen LogP contribution is -2.38. The van der Waals surface area contributed by atoms with E-state index in [-0.39, 0.29) is 6.61 Å². The van der Waals surface area contributed by atoms with E-state index in [1.54, 1.807) is 6.08 Å². The average molecular weight is 375 g/mol. The Balaban J connectivity index is 2.85. The summed E-state index contributed by atoms with van der Waals surface area (Å²) in [6.07, 6.45) is 3.10. The second kappa shape index (κ2) is 6.65. The highest BCUT2D eigenvalue weighted by atomic mass is 127. The molecule has 0 N–H and O–H groups in total. The smallest absolute Gasteiger partial charge is 0.302 e. The molecule has 1 unspecified atom stereocenters. The Labute approximate surface area is 124 Å². The average Bonchev–Trinajstić information content (AvgIpc) is 2.35. The first-order valence-electron chi connectivity index (χ1n) is 5.56. The van der Waals surface area contributed by atoms with E-state index >= 15 is 0 Å². The van der Waals surface area contributed by atoms with Crippen molar-refractivity contribution in [2.24, 2.45) is 0 Å². The van der Waals surface area contributed by atoms with Gasteiger partial charge in [-0.25, -0.2) is 0 Å². The van der Waals surface area contributed by atoms with Crippen LogP contribution in [0.1, 0.15) is 19.4 Å². The molecule has 6 heteroatoms.